The average Bonchev–Trinajstić information content (AvgIpc) is 3.20. The van der Waals surface area contributed by atoms with Crippen LogP contribution in [0.25, 0.3) is 5.65 Å². The lowest BCUT2D eigenvalue weighted by molar-refractivity contribution is 0.248. The summed E-state index contributed by atoms with van der Waals surface area (Å²) >= 11 is 0. The molecule has 144 valence electrons. The van der Waals surface area contributed by atoms with Crippen LogP contribution in [0.1, 0.15) is 43.5 Å². The van der Waals surface area contributed by atoms with Crippen LogP contribution in [0.2, 0.25) is 0 Å². The Morgan fingerprint density at radius 1 is 1.04 bits per heavy atom. The van der Waals surface area contributed by atoms with Crippen molar-refractivity contribution in [1.29, 1.82) is 0 Å². The number of nitrogens with zero attached hydrogens (tertiary/aromatic N) is 5. The Balaban J connectivity index is 1.45. The second kappa shape index (κ2) is 6.68. The third kappa shape index (κ3) is 3.58. The third-order valence-electron chi connectivity index (χ3n) is 5.50. The van der Waals surface area contributed by atoms with Crippen LogP contribution < -0.4 is 4.90 Å². The van der Waals surface area contributed by atoms with E-state index in [0.717, 1.165) is 55.5 Å². The summed E-state index contributed by atoms with van der Waals surface area (Å²) in [5.74, 6) is 0.940. The van der Waals surface area contributed by atoms with Crippen molar-refractivity contribution in [2.75, 3.05) is 31.1 Å². The molecule has 0 aliphatic carbocycles. The van der Waals surface area contributed by atoms with Gasteiger partial charge in [0.1, 0.15) is 11.4 Å². The molecule has 0 unspecified atom stereocenters. The number of fused-ring (bicyclic) bond motifs is 1. The van der Waals surface area contributed by atoms with Gasteiger partial charge in [0, 0.05) is 56.1 Å². The van der Waals surface area contributed by atoms with Crippen LogP contribution in [0.5, 0.6) is 0 Å². The van der Waals surface area contributed by atoms with Crippen molar-refractivity contribution >= 4 is 11.3 Å². The van der Waals surface area contributed by atoms with E-state index in [1.54, 1.807) is 0 Å². The molecule has 1 saturated heterocycles. The van der Waals surface area contributed by atoms with Gasteiger partial charge in [0.2, 0.25) is 0 Å². The molecule has 0 saturated carbocycles. The highest BCUT2D eigenvalue weighted by molar-refractivity contribution is 5.53. The van der Waals surface area contributed by atoms with Gasteiger partial charge >= 0.3 is 0 Å². The fourth-order valence-corrected chi connectivity index (χ4v) is 3.64. The number of aryl methyl sites for hydroxylation is 2. The van der Waals surface area contributed by atoms with Gasteiger partial charge in [-0.15, -0.1) is 0 Å². The fourth-order valence-electron chi connectivity index (χ4n) is 3.64. The summed E-state index contributed by atoms with van der Waals surface area (Å²) in [4.78, 5) is 9.70. The van der Waals surface area contributed by atoms with Crippen LogP contribution in [0.3, 0.4) is 0 Å². The molecule has 1 aliphatic rings. The highest BCUT2D eigenvalue weighted by Crippen LogP contribution is 2.24. The molecule has 4 heterocycles. The second-order valence-electron chi connectivity index (χ2n) is 8.59. The number of imidazole rings is 1. The Kier molecular flexibility index (Phi) is 4.46. The minimum atomic E-state index is 0.0655. The van der Waals surface area contributed by atoms with E-state index in [0.29, 0.717) is 0 Å². The van der Waals surface area contributed by atoms with Gasteiger partial charge < -0.3 is 13.8 Å². The summed E-state index contributed by atoms with van der Waals surface area (Å²) in [7, 11) is 0. The highest BCUT2D eigenvalue weighted by atomic mass is 16.5. The summed E-state index contributed by atoms with van der Waals surface area (Å²) in [6.45, 7) is 15.7. The number of hydrogen-bond donors (Lipinski definition) is 0. The van der Waals surface area contributed by atoms with Crippen LogP contribution in [-0.2, 0) is 12.0 Å². The Hall–Kier alpha value is -2.34. The molecule has 0 radical (unpaired) electrons. The molecular weight excluding hydrogens is 338 g/mol. The molecular formula is C21H29N5O. The minimum absolute atomic E-state index is 0.0655. The van der Waals surface area contributed by atoms with E-state index in [2.05, 4.69) is 64.7 Å². The first kappa shape index (κ1) is 18.0. The van der Waals surface area contributed by atoms with Crippen molar-refractivity contribution < 1.29 is 4.52 Å². The first-order chi connectivity index (χ1) is 12.8. The molecule has 3 aromatic rings. The predicted molar refractivity (Wildman–Crippen MR) is 107 cm³/mol. The number of aromatic nitrogens is 3. The van der Waals surface area contributed by atoms with Crippen molar-refractivity contribution in [3.8, 4) is 0 Å². The maximum atomic E-state index is 5.30. The van der Waals surface area contributed by atoms with Crippen molar-refractivity contribution in [2.24, 2.45) is 0 Å². The number of hydrogen-bond acceptors (Lipinski definition) is 5. The van der Waals surface area contributed by atoms with Crippen LogP contribution in [0.15, 0.2) is 29.0 Å². The second-order valence-corrected chi connectivity index (χ2v) is 8.59. The minimum Gasteiger partial charge on any atom is -0.368 e. The van der Waals surface area contributed by atoms with Crippen molar-refractivity contribution in [3.63, 3.8) is 0 Å². The molecule has 1 aliphatic heterocycles. The van der Waals surface area contributed by atoms with E-state index in [1.807, 2.05) is 13.8 Å². The fraction of sp³-hybridized carbons (Fsp3) is 0.524. The van der Waals surface area contributed by atoms with Crippen LogP contribution >= 0.6 is 0 Å². The largest absolute Gasteiger partial charge is 0.368 e. The Bertz CT molecular complexity index is 922. The zero-order valence-corrected chi connectivity index (χ0v) is 17.0. The van der Waals surface area contributed by atoms with Gasteiger partial charge in [-0.2, -0.15) is 0 Å². The van der Waals surface area contributed by atoms with Crippen LogP contribution in [0.4, 0.5) is 5.69 Å². The normalized spacial score (nSPS) is 16.4. The first-order valence-electron chi connectivity index (χ1n) is 9.69. The molecule has 6 nitrogen and oxygen atoms in total. The SMILES string of the molecule is Cc1noc(C)c1CN1CCN(c2ccc3nc(C(C)(C)C)cn3c2)CC1. The Morgan fingerprint density at radius 3 is 2.41 bits per heavy atom. The van der Waals surface area contributed by atoms with Crippen molar-refractivity contribution in [2.45, 2.75) is 46.6 Å². The number of anilines is 1. The van der Waals surface area contributed by atoms with Crippen LogP contribution in [0, 0.1) is 13.8 Å². The van der Waals surface area contributed by atoms with Gasteiger partial charge in [0.25, 0.3) is 0 Å². The van der Waals surface area contributed by atoms with E-state index >= 15 is 0 Å². The smallest absolute Gasteiger partial charge is 0.138 e. The molecule has 0 atom stereocenters. The third-order valence-corrected chi connectivity index (χ3v) is 5.50. The topological polar surface area (TPSA) is 49.8 Å². The lowest BCUT2D eigenvalue weighted by Crippen LogP contribution is -2.46. The number of pyridine rings is 1. The number of piperazine rings is 1. The monoisotopic (exact) mass is 367 g/mol. The van der Waals surface area contributed by atoms with E-state index in [9.17, 15) is 0 Å². The molecule has 0 N–H and O–H groups in total. The van der Waals surface area contributed by atoms with Gasteiger partial charge in [0.05, 0.1) is 17.1 Å². The van der Waals surface area contributed by atoms with Gasteiger partial charge in [0.15, 0.2) is 0 Å². The molecule has 27 heavy (non-hydrogen) atoms. The van der Waals surface area contributed by atoms with E-state index < -0.39 is 0 Å². The Labute approximate surface area is 160 Å². The van der Waals surface area contributed by atoms with E-state index in [4.69, 9.17) is 9.51 Å². The first-order valence-corrected chi connectivity index (χ1v) is 9.69. The summed E-state index contributed by atoms with van der Waals surface area (Å²) in [6, 6.07) is 4.32. The lowest BCUT2D eigenvalue weighted by atomic mass is 9.93. The van der Waals surface area contributed by atoms with Gasteiger partial charge in [-0.3, -0.25) is 4.90 Å². The van der Waals surface area contributed by atoms with Gasteiger partial charge in [-0.05, 0) is 26.0 Å². The summed E-state index contributed by atoms with van der Waals surface area (Å²) < 4.78 is 7.46. The molecule has 0 bridgehead atoms. The van der Waals surface area contributed by atoms with Gasteiger partial charge in [-0.1, -0.05) is 25.9 Å². The molecule has 6 heteroatoms. The zero-order chi connectivity index (χ0) is 19.2. The maximum Gasteiger partial charge on any atom is 0.138 e. The summed E-state index contributed by atoms with van der Waals surface area (Å²) in [5.41, 5.74) is 5.71. The maximum absolute atomic E-state index is 5.30. The summed E-state index contributed by atoms with van der Waals surface area (Å²) in [6.07, 6.45) is 4.37. The number of rotatable bonds is 3. The Morgan fingerprint density at radius 2 is 1.78 bits per heavy atom. The highest BCUT2D eigenvalue weighted by Gasteiger charge is 2.21. The van der Waals surface area contributed by atoms with Crippen molar-refractivity contribution in [1.82, 2.24) is 19.4 Å². The van der Waals surface area contributed by atoms with Gasteiger partial charge in [-0.25, -0.2) is 4.98 Å². The molecule has 1 fully saturated rings. The molecule has 0 amide bonds. The predicted octanol–water partition coefficient (Wildman–Crippen LogP) is 3.56. The quantitative estimate of drug-likeness (QED) is 0.708. The molecule has 0 spiro atoms. The standard InChI is InChI=1S/C21H29N5O/c1-15-18(16(2)27-23-15)13-24-8-10-25(11-9-24)17-6-7-20-22-19(21(3,4)5)14-26(20)12-17/h6-7,12,14H,8-11,13H2,1-5H3. The average molecular weight is 367 g/mol. The molecule has 3 aromatic heterocycles. The van der Waals surface area contributed by atoms with E-state index in [-0.39, 0.29) is 5.41 Å². The lowest BCUT2D eigenvalue weighted by Gasteiger charge is -2.36. The summed E-state index contributed by atoms with van der Waals surface area (Å²) in [5, 5.41) is 4.07. The van der Waals surface area contributed by atoms with Crippen molar-refractivity contribution in [3.05, 3.63) is 47.2 Å². The molecule has 4 rings (SSSR count). The zero-order valence-electron chi connectivity index (χ0n) is 17.0. The van der Waals surface area contributed by atoms with E-state index in [1.165, 1.54) is 11.3 Å². The molecule has 0 aromatic carbocycles. The van der Waals surface area contributed by atoms with Crippen LogP contribution in [-0.4, -0.2) is 45.6 Å².